The molecule has 1 fully saturated rings. The summed E-state index contributed by atoms with van der Waals surface area (Å²) in [7, 11) is 2.17. The Hall–Kier alpha value is -0.630. The fraction of sp³-hybridized carbons (Fsp3) is 0.700. The van der Waals surface area contributed by atoms with E-state index in [0.29, 0.717) is 12.5 Å². The molecular formula is C10H17NO. The van der Waals surface area contributed by atoms with Gasteiger partial charge in [0.1, 0.15) is 6.29 Å². The lowest BCUT2D eigenvalue weighted by atomic mass is 10.1. The first-order valence-corrected chi connectivity index (χ1v) is 4.63. The van der Waals surface area contributed by atoms with Gasteiger partial charge in [0.25, 0.3) is 0 Å². The minimum Gasteiger partial charge on any atom is -0.303 e. The Kier molecular flexibility index (Phi) is 4.01. The van der Waals surface area contributed by atoms with E-state index in [4.69, 9.17) is 0 Å². The van der Waals surface area contributed by atoms with Crippen LogP contribution in [-0.2, 0) is 4.79 Å². The number of likely N-dealkylation sites (tertiary alicyclic amines) is 1. The van der Waals surface area contributed by atoms with E-state index in [-0.39, 0.29) is 0 Å². The maximum Gasteiger partial charge on any atom is 0.123 e. The van der Waals surface area contributed by atoms with Crippen LogP contribution in [0.25, 0.3) is 0 Å². The monoisotopic (exact) mass is 167 g/mol. The first-order valence-electron chi connectivity index (χ1n) is 4.63. The molecule has 2 heteroatoms. The predicted octanol–water partition coefficient (Wildman–Crippen LogP) is 1.62. The van der Waals surface area contributed by atoms with E-state index in [2.05, 4.69) is 18.0 Å². The summed E-state index contributed by atoms with van der Waals surface area (Å²) in [5.74, 6) is 0. The van der Waals surface area contributed by atoms with Crippen LogP contribution in [0.5, 0.6) is 0 Å². The van der Waals surface area contributed by atoms with Gasteiger partial charge < -0.3 is 9.69 Å². The van der Waals surface area contributed by atoms with E-state index in [1.165, 1.54) is 19.4 Å². The van der Waals surface area contributed by atoms with Gasteiger partial charge >= 0.3 is 0 Å². The second-order valence-electron chi connectivity index (χ2n) is 3.39. The van der Waals surface area contributed by atoms with Gasteiger partial charge in [0, 0.05) is 12.5 Å². The summed E-state index contributed by atoms with van der Waals surface area (Å²) < 4.78 is 0. The summed E-state index contributed by atoms with van der Waals surface area (Å²) in [6.45, 7) is 1.23. The number of carbonyl (C=O) groups is 1. The van der Waals surface area contributed by atoms with Crippen molar-refractivity contribution in [2.75, 3.05) is 13.6 Å². The van der Waals surface area contributed by atoms with E-state index in [1.807, 2.05) is 6.08 Å². The van der Waals surface area contributed by atoms with Gasteiger partial charge in [-0.15, -0.1) is 0 Å². The Morgan fingerprint density at radius 3 is 2.92 bits per heavy atom. The van der Waals surface area contributed by atoms with Crippen LogP contribution in [0.15, 0.2) is 12.2 Å². The molecule has 0 bridgehead atoms. The second-order valence-corrected chi connectivity index (χ2v) is 3.39. The lowest BCUT2D eigenvalue weighted by molar-refractivity contribution is -0.107. The quantitative estimate of drug-likeness (QED) is 0.468. The van der Waals surface area contributed by atoms with Crippen LogP contribution < -0.4 is 0 Å². The Balaban J connectivity index is 2.17. The summed E-state index contributed by atoms with van der Waals surface area (Å²) in [5, 5.41) is 0. The van der Waals surface area contributed by atoms with E-state index in [0.717, 1.165) is 12.7 Å². The fourth-order valence-corrected chi connectivity index (χ4v) is 1.68. The van der Waals surface area contributed by atoms with Gasteiger partial charge in [0.15, 0.2) is 0 Å². The lowest BCUT2D eigenvalue weighted by Crippen LogP contribution is -2.23. The van der Waals surface area contributed by atoms with Crippen molar-refractivity contribution in [2.45, 2.75) is 31.7 Å². The van der Waals surface area contributed by atoms with E-state index >= 15 is 0 Å². The third-order valence-electron chi connectivity index (χ3n) is 2.48. The molecular weight excluding hydrogens is 150 g/mol. The highest BCUT2D eigenvalue weighted by Crippen LogP contribution is 2.17. The third-order valence-corrected chi connectivity index (χ3v) is 2.48. The van der Waals surface area contributed by atoms with Gasteiger partial charge in [-0.25, -0.2) is 0 Å². The average molecular weight is 167 g/mol. The normalized spacial score (nSPS) is 25.2. The molecule has 0 aliphatic carbocycles. The smallest absolute Gasteiger partial charge is 0.123 e. The highest BCUT2D eigenvalue weighted by atomic mass is 16.1. The van der Waals surface area contributed by atoms with Crippen molar-refractivity contribution < 1.29 is 4.79 Å². The van der Waals surface area contributed by atoms with Crippen LogP contribution in [0.4, 0.5) is 0 Å². The molecule has 1 aliphatic rings. The molecule has 2 nitrogen and oxygen atoms in total. The van der Waals surface area contributed by atoms with Crippen LogP contribution >= 0.6 is 0 Å². The van der Waals surface area contributed by atoms with Crippen LogP contribution in [0, 0.1) is 0 Å². The zero-order chi connectivity index (χ0) is 8.81. The molecule has 1 saturated heterocycles. The molecule has 0 aromatic heterocycles. The van der Waals surface area contributed by atoms with Gasteiger partial charge in [-0.3, -0.25) is 0 Å². The van der Waals surface area contributed by atoms with Crippen LogP contribution in [0.1, 0.15) is 25.7 Å². The zero-order valence-corrected chi connectivity index (χ0v) is 7.70. The van der Waals surface area contributed by atoms with Gasteiger partial charge in [0.2, 0.25) is 0 Å². The second kappa shape index (κ2) is 5.09. The fourth-order valence-electron chi connectivity index (χ4n) is 1.68. The molecule has 1 rings (SSSR count). The maximum absolute atomic E-state index is 10.0. The Bertz CT molecular complexity index is 165. The summed E-state index contributed by atoms with van der Waals surface area (Å²) in [5.41, 5.74) is 0. The first-order chi connectivity index (χ1) is 5.84. The largest absolute Gasteiger partial charge is 0.303 e. The zero-order valence-electron chi connectivity index (χ0n) is 7.70. The molecule has 1 aliphatic heterocycles. The standard InChI is InChI=1S/C10H17NO/c1-11-8-5-7-10(11)6-3-2-4-9-12/h2-3,9-10H,4-8H2,1H3/b3-2-. The van der Waals surface area contributed by atoms with Crippen LogP contribution in [0.2, 0.25) is 0 Å². The van der Waals surface area contributed by atoms with Gasteiger partial charge in [-0.05, 0) is 32.9 Å². The number of carbonyl (C=O) groups excluding carboxylic acids is 1. The molecule has 0 saturated carbocycles. The van der Waals surface area contributed by atoms with Crippen molar-refractivity contribution in [3.05, 3.63) is 12.2 Å². The number of nitrogens with zero attached hydrogens (tertiary/aromatic N) is 1. The molecule has 1 unspecified atom stereocenters. The summed E-state index contributed by atoms with van der Waals surface area (Å²) in [4.78, 5) is 12.4. The first kappa shape index (κ1) is 9.46. The lowest BCUT2D eigenvalue weighted by Gasteiger charge is -2.16. The summed E-state index contributed by atoms with van der Waals surface area (Å²) in [6.07, 6.45) is 9.32. The number of aldehydes is 1. The van der Waals surface area contributed by atoms with E-state index < -0.39 is 0 Å². The summed E-state index contributed by atoms with van der Waals surface area (Å²) >= 11 is 0. The topological polar surface area (TPSA) is 20.3 Å². The summed E-state index contributed by atoms with van der Waals surface area (Å²) in [6, 6.07) is 0.716. The maximum atomic E-state index is 10.0. The molecule has 0 spiro atoms. The van der Waals surface area contributed by atoms with E-state index in [9.17, 15) is 4.79 Å². The highest BCUT2D eigenvalue weighted by molar-refractivity contribution is 5.51. The molecule has 0 radical (unpaired) electrons. The van der Waals surface area contributed by atoms with Crippen molar-refractivity contribution in [3.8, 4) is 0 Å². The minimum atomic E-state index is 0.566. The van der Waals surface area contributed by atoms with E-state index in [1.54, 1.807) is 0 Å². The van der Waals surface area contributed by atoms with Gasteiger partial charge in [0.05, 0.1) is 0 Å². The Labute approximate surface area is 74.2 Å². The third kappa shape index (κ3) is 2.78. The number of hydrogen-bond donors (Lipinski definition) is 0. The van der Waals surface area contributed by atoms with Crippen molar-refractivity contribution in [1.29, 1.82) is 0 Å². The minimum absolute atomic E-state index is 0.566. The predicted molar refractivity (Wildman–Crippen MR) is 50.1 cm³/mol. The van der Waals surface area contributed by atoms with Crippen molar-refractivity contribution in [1.82, 2.24) is 4.90 Å². The molecule has 68 valence electrons. The molecule has 1 atom stereocenters. The van der Waals surface area contributed by atoms with Gasteiger partial charge in [-0.1, -0.05) is 12.2 Å². The van der Waals surface area contributed by atoms with Crippen molar-refractivity contribution >= 4 is 6.29 Å². The van der Waals surface area contributed by atoms with Gasteiger partial charge in [-0.2, -0.15) is 0 Å². The molecule has 0 amide bonds. The van der Waals surface area contributed by atoms with Crippen molar-refractivity contribution in [3.63, 3.8) is 0 Å². The average Bonchev–Trinajstić information content (AvgIpc) is 2.46. The molecule has 12 heavy (non-hydrogen) atoms. The van der Waals surface area contributed by atoms with Crippen LogP contribution in [-0.4, -0.2) is 30.8 Å². The number of allylic oxidation sites excluding steroid dienone is 1. The Morgan fingerprint density at radius 1 is 1.50 bits per heavy atom. The number of rotatable bonds is 4. The molecule has 0 aromatic rings. The Morgan fingerprint density at radius 2 is 2.33 bits per heavy atom. The highest BCUT2D eigenvalue weighted by Gasteiger charge is 2.18. The molecule has 0 aromatic carbocycles. The van der Waals surface area contributed by atoms with Crippen LogP contribution in [0.3, 0.4) is 0 Å². The van der Waals surface area contributed by atoms with Crippen molar-refractivity contribution in [2.24, 2.45) is 0 Å². The molecule has 1 heterocycles. The molecule has 0 N–H and O–H groups in total. The number of hydrogen-bond acceptors (Lipinski definition) is 2. The SMILES string of the molecule is CN1CCCC1C/C=C\CC=O.